The lowest BCUT2D eigenvalue weighted by atomic mass is 10.1. The van der Waals surface area contributed by atoms with Crippen LogP contribution in [0.15, 0.2) is 48.5 Å². The number of rotatable bonds is 10. The first-order valence-electron chi connectivity index (χ1n) is 8.79. The lowest BCUT2D eigenvalue weighted by Crippen LogP contribution is -2.30. The second kappa shape index (κ2) is 10.9. The van der Waals surface area contributed by atoms with Gasteiger partial charge in [0.2, 0.25) is 0 Å². The maximum Gasteiger partial charge on any atom is 0.306 e. The summed E-state index contributed by atoms with van der Waals surface area (Å²) in [6.45, 7) is 0.235. The highest BCUT2D eigenvalue weighted by molar-refractivity contribution is 5.80. The van der Waals surface area contributed by atoms with Crippen LogP contribution in [0.2, 0.25) is 0 Å². The Bertz CT molecular complexity index is 723. The molecule has 0 aliphatic heterocycles. The fourth-order valence-electron chi connectivity index (χ4n) is 2.52. The van der Waals surface area contributed by atoms with Gasteiger partial charge in [0.15, 0.2) is 6.61 Å². The lowest BCUT2D eigenvalue weighted by molar-refractivity contribution is -0.148. The van der Waals surface area contributed by atoms with Gasteiger partial charge in [0.1, 0.15) is 11.5 Å². The normalized spacial score (nSPS) is 10.1. The number of amides is 1. The van der Waals surface area contributed by atoms with E-state index in [0.717, 1.165) is 17.5 Å². The molecule has 0 saturated carbocycles. The maximum absolute atomic E-state index is 11.9. The van der Waals surface area contributed by atoms with Crippen molar-refractivity contribution in [1.29, 1.82) is 0 Å². The topological polar surface area (TPSA) is 73.9 Å². The summed E-state index contributed by atoms with van der Waals surface area (Å²) in [5, 5.41) is 2.74. The molecule has 27 heavy (non-hydrogen) atoms. The van der Waals surface area contributed by atoms with Gasteiger partial charge in [0.25, 0.3) is 5.91 Å². The molecule has 2 aromatic carbocycles. The molecule has 0 radical (unpaired) electrons. The smallest absolute Gasteiger partial charge is 0.306 e. The van der Waals surface area contributed by atoms with Gasteiger partial charge >= 0.3 is 5.97 Å². The van der Waals surface area contributed by atoms with E-state index in [2.05, 4.69) is 5.32 Å². The fourth-order valence-corrected chi connectivity index (χ4v) is 2.52. The van der Waals surface area contributed by atoms with Gasteiger partial charge in [-0.25, -0.2) is 0 Å². The van der Waals surface area contributed by atoms with Crippen molar-refractivity contribution in [2.75, 3.05) is 27.4 Å². The Morgan fingerprint density at radius 3 is 2.19 bits per heavy atom. The molecule has 0 aliphatic carbocycles. The third-order valence-corrected chi connectivity index (χ3v) is 3.97. The molecular formula is C21H25NO5. The van der Waals surface area contributed by atoms with Crippen LogP contribution in [-0.4, -0.2) is 39.2 Å². The molecule has 1 amide bonds. The summed E-state index contributed by atoms with van der Waals surface area (Å²) in [4.78, 5) is 23.6. The average Bonchev–Trinajstić information content (AvgIpc) is 2.71. The molecule has 0 saturated heterocycles. The summed E-state index contributed by atoms with van der Waals surface area (Å²) >= 11 is 0. The van der Waals surface area contributed by atoms with Crippen LogP contribution in [0.25, 0.3) is 0 Å². The van der Waals surface area contributed by atoms with Crippen molar-refractivity contribution >= 4 is 11.9 Å². The molecule has 2 aromatic rings. The number of methoxy groups -OCH3 is 2. The van der Waals surface area contributed by atoms with Gasteiger partial charge in [-0.05, 0) is 36.1 Å². The van der Waals surface area contributed by atoms with Gasteiger partial charge in [-0.3, -0.25) is 9.59 Å². The quantitative estimate of drug-likeness (QED) is 0.650. The number of nitrogens with one attached hydrogen (secondary N) is 1. The van der Waals surface area contributed by atoms with Crippen molar-refractivity contribution in [2.24, 2.45) is 0 Å². The third-order valence-electron chi connectivity index (χ3n) is 3.97. The van der Waals surface area contributed by atoms with Gasteiger partial charge < -0.3 is 19.5 Å². The first-order valence-corrected chi connectivity index (χ1v) is 8.79. The maximum atomic E-state index is 11.9. The first-order chi connectivity index (χ1) is 13.1. The Morgan fingerprint density at radius 1 is 0.889 bits per heavy atom. The highest BCUT2D eigenvalue weighted by Gasteiger charge is 2.09. The van der Waals surface area contributed by atoms with Crippen LogP contribution >= 0.6 is 0 Å². The molecule has 0 atom stereocenters. The number of ether oxygens (including phenoxy) is 3. The number of hydrogen-bond acceptors (Lipinski definition) is 5. The minimum atomic E-state index is -0.421. The van der Waals surface area contributed by atoms with Crippen molar-refractivity contribution in [2.45, 2.75) is 19.3 Å². The molecule has 6 heteroatoms. The van der Waals surface area contributed by atoms with Crippen molar-refractivity contribution in [3.63, 3.8) is 0 Å². The first kappa shape index (κ1) is 20.3. The zero-order valence-electron chi connectivity index (χ0n) is 15.7. The highest BCUT2D eigenvalue weighted by atomic mass is 16.5. The zero-order valence-corrected chi connectivity index (χ0v) is 15.7. The fraction of sp³-hybridized carbons (Fsp3) is 0.333. The van der Waals surface area contributed by atoms with Crippen molar-refractivity contribution in [1.82, 2.24) is 5.32 Å². The Labute approximate surface area is 159 Å². The van der Waals surface area contributed by atoms with Crippen LogP contribution in [0.5, 0.6) is 11.5 Å². The molecule has 0 aliphatic rings. The van der Waals surface area contributed by atoms with Gasteiger partial charge in [0.05, 0.1) is 14.2 Å². The lowest BCUT2D eigenvalue weighted by Gasteiger charge is -2.09. The van der Waals surface area contributed by atoms with Crippen LogP contribution in [0.3, 0.4) is 0 Å². The monoisotopic (exact) mass is 371 g/mol. The summed E-state index contributed by atoms with van der Waals surface area (Å²) in [5.41, 5.74) is 2.04. The van der Waals surface area contributed by atoms with Crippen LogP contribution in [0.1, 0.15) is 17.5 Å². The minimum Gasteiger partial charge on any atom is -0.497 e. The minimum absolute atomic E-state index is 0.174. The average molecular weight is 371 g/mol. The molecule has 0 unspecified atom stereocenters. The molecule has 1 N–H and O–H groups in total. The predicted octanol–water partition coefficient (Wildman–Crippen LogP) is 2.54. The largest absolute Gasteiger partial charge is 0.497 e. The van der Waals surface area contributed by atoms with E-state index in [1.807, 2.05) is 42.5 Å². The van der Waals surface area contributed by atoms with Gasteiger partial charge in [0, 0.05) is 19.0 Å². The van der Waals surface area contributed by atoms with E-state index in [1.54, 1.807) is 20.3 Å². The van der Waals surface area contributed by atoms with Crippen molar-refractivity contribution in [3.05, 3.63) is 59.7 Å². The molecule has 0 bridgehead atoms. The molecule has 144 valence electrons. The Kier molecular flexibility index (Phi) is 8.16. The molecule has 0 aromatic heterocycles. The molecular weight excluding hydrogens is 346 g/mol. The number of esters is 1. The van der Waals surface area contributed by atoms with E-state index >= 15 is 0 Å². The zero-order chi connectivity index (χ0) is 19.5. The summed E-state index contributed by atoms with van der Waals surface area (Å²) < 4.78 is 15.4. The molecule has 2 rings (SSSR count). The Balaban J connectivity index is 1.67. The van der Waals surface area contributed by atoms with E-state index in [-0.39, 0.29) is 18.9 Å². The molecule has 0 heterocycles. The van der Waals surface area contributed by atoms with E-state index in [0.29, 0.717) is 24.5 Å². The van der Waals surface area contributed by atoms with Crippen molar-refractivity contribution < 1.29 is 23.8 Å². The van der Waals surface area contributed by atoms with Crippen LogP contribution in [-0.2, 0) is 27.2 Å². The third kappa shape index (κ3) is 7.40. The molecule has 0 fully saturated rings. The van der Waals surface area contributed by atoms with E-state index < -0.39 is 5.97 Å². The molecule has 0 spiro atoms. The SMILES string of the molecule is COc1cc(CCC(=O)OCC(=O)NCCc2ccccc2)cc(OC)c1. The summed E-state index contributed by atoms with van der Waals surface area (Å²) in [6, 6.07) is 15.3. The van der Waals surface area contributed by atoms with E-state index in [1.165, 1.54) is 0 Å². The number of aryl methyl sites for hydroxylation is 1. The number of carbonyl (C=O) groups excluding carboxylic acids is 2. The Hall–Kier alpha value is -3.02. The molecule has 6 nitrogen and oxygen atoms in total. The van der Waals surface area contributed by atoms with E-state index in [4.69, 9.17) is 14.2 Å². The van der Waals surface area contributed by atoms with Gasteiger partial charge in [-0.15, -0.1) is 0 Å². The second-order valence-corrected chi connectivity index (χ2v) is 5.97. The van der Waals surface area contributed by atoms with Crippen molar-refractivity contribution in [3.8, 4) is 11.5 Å². The van der Waals surface area contributed by atoms with Crippen LogP contribution in [0, 0.1) is 0 Å². The summed E-state index contributed by atoms with van der Waals surface area (Å²) in [7, 11) is 3.15. The van der Waals surface area contributed by atoms with E-state index in [9.17, 15) is 9.59 Å². The second-order valence-electron chi connectivity index (χ2n) is 5.97. The number of benzene rings is 2. The number of carbonyl (C=O) groups is 2. The van der Waals surface area contributed by atoms with Crippen LogP contribution in [0.4, 0.5) is 0 Å². The van der Waals surface area contributed by atoms with Crippen LogP contribution < -0.4 is 14.8 Å². The van der Waals surface area contributed by atoms with Gasteiger partial charge in [-0.1, -0.05) is 30.3 Å². The standard InChI is InChI=1S/C21H25NO5/c1-25-18-12-17(13-19(14-18)26-2)8-9-21(24)27-15-20(23)22-11-10-16-6-4-3-5-7-16/h3-7,12-14H,8-11,15H2,1-2H3,(H,22,23). The van der Waals surface area contributed by atoms with Gasteiger partial charge in [-0.2, -0.15) is 0 Å². The predicted molar refractivity (Wildman–Crippen MR) is 102 cm³/mol. The highest BCUT2D eigenvalue weighted by Crippen LogP contribution is 2.23. The Morgan fingerprint density at radius 2 is 1.56 bits per heavy atom. The summed E-state index contributed by atoms with van der Waals surface area (Å²) in [6.07, 6.45) is 1.38. The number of hydrogen-bond donors (Lipinski definition) is 1. The summed E-state index contributed by atoms with van der Waals surface area (Å²) in [5.74, 6) is 0.600.